The lowest BCUT2D eigenvalue weighted by atomic mass is 10.0. The lowest BCUT2D eigenvalue weighted by Crippen LogP contribution is -2.43. The van der Waals surface area contributed by atoms with E-state index in [1.54, 1.807) is 0 Å². The zero-order valence-electron chi connectivity index (χ0n) is 15.7. The van der Waals surface area contributed by atoms with E-state index in [-0.39, 0.29) is 6.42 Å². The number of ether oxygens (including phenoxy) is 1. The van der Waals surface area contributed by atoms with E-state index in [1.165, 1.54) is 13.2 Å². The van der Waals surface area contributed by atoms with Crippen molar-refractivity contribution in [2.45, 2.75) is 12.5 Å². The Hall–Kier alpha value is -3.54. The number of benzene rings is 3. The SMILES string of the molecule is COC(=O)[C@@H](Cc1ccc(-c2ccccc2)cc1)NC(=O)c1cccc(F)c1F. The molecule has 0 aromatic heterocycles. The van der Waals surface area contributed by atoms with Gasteiger partial charge in [0.15, 0.2) is 11.6 Å². The first kappa shape index (κ1) is 20.2. The summed E-state index contributed by atoms with van der Waals surface area (Å²) in [6, 6.07) is 19.5. The molecule has 0 unspecified atom stereocenters. The van der Waals surface area contributed by atoms with Crippen LogP contribution in [-0.4, -0.2) is 25.0 Å². The van der Waals surface area contributed by atoms with Crippen LogP contribution in [-0.2, 0) is 16.0 Å². The van der Waals surface area contributed by atoms with Crippen LogP contribution in [0, 0.1) is 11.6 Å². The van der Waals surface area contributed by atoms with Gasteiger partial charge in [0.1, 0.15) is 6.04 Å². The molecule has 6 heteroatoms. The summed E-state index contributed by atoms with van der Waals surface area (Å²) in [4.78, 5) is 24.5. The van der Waals surface area contributed by atoms with E-state index in [0.29, 0.717) is 0 Å². The van der Waals surface area contributed by atoms with Crippen LogP contribution in [0.25, 0.3) is 11.1 Å². The van der Waals surface area contributed by atoms with Crippen LogP contribution in [0.5, 0.6) is 0 Å². The number of nitrogens with one attached hydrogen (secondary N) is 1. The summed E-state index contributed by atoms with van der Waals surface area (Å²) in [5.41, 5.74) is 2.37. The van der Waals surface area contributed by atoms with Crippen molar-refractivity contribution in [1.29, 1.82) is 0 Å². The van der Waals surface area contributed by atoms with E-state index in [4.69, 9.17) is 4.74 Å². The molecule has 0 saturated heterocycles. The molecule has 0 aliphatic rings. The van der Waals surface area contributed by atoms with Crippen LogP contribution in [0.15, 0.2) is 72.8 Å². The number of hydrogen-bond donors (Lipinski definition) is 1. The molecule has 3 aromatic rings. The Balaban J connectivity index is 1.76. The number of carbonyl (C=O) groups excluding carboxylic acids is 2. The van der Waals surface area contributed by atoms with Gasteiger partial charge in [0.25, 0.3) is 5.91 Å². The van der Waals surface area contributed by atoms with Crippen molar-refractivity contribution in [3.63, 3.8) is 0 Å². The Morgan fingerprint density at radius 3 is 2.21 bits per heavy atom. The summed E-state index contributed by atoms with van der Waals surface area (Å²) < 4.78 is 32.0. The highest BCUT2D eigenvalue weighted by atomic mass is 19.2. The van der Waals surface area contributed by atoms with Gasteiger partial charge in [0.05, 0.1) is 12.7 Å². The normalized spacial score (nSPS) is 11.6. The molecular weight excluding hydrogens is 376 g/mol. The molecular formula is C23H19F2NO3. The zero-order valence-corrected chi connectivity index (χ0v) is 15.7. The van der Waals surface area contributed by atoms with Gasteiger partial charge in [-0.15, -0.1) is 0 Å². The van der Waals surface area contributed by atoms with Crippen LogP contribution in [0.3, 0.4) is 0 Å². The summed E-state index contributed by atoms with van der Waals surface area (Å²) in [6.45, 7) is 0. The van der Waals surface area contributed by atoms with Crippen molar-refractivity contribution >= 4 is 11.9 Å². The molecule has 1 N–H and O–H groups in total. The summed E-state index contributed by atoms with van der Waals surface area (Å²) in [6.07, 6.45) is 0.143. The number of esters is 1. The first-order chi connectivity index (χ1) is 14.0. The number of hydrogen-bond acceptors (Lipinski definition) is 3. The number of rotatable bonds is 6. The van der Waals surface area contributed by atoms with Gasteiger partial charge in [-0.1, -0.05) is 60.7 Å². The lowest BCUT2D eigenvalue weighted by Gasteiger charge is -2.17. The summed E-state index contributed by atoms with van der Waals surface area (Å²) in [7, 11) is 1.20. The highest BCUT2D eigenvalue weighted by molar-refractivity contribution is 5.97. The third-order valence-corrected chi connectivity index (χ3v) is 4.49. The Labute approximate surface area is 167 Å². The summed E-state index contributed by atoms with van der Waals surface area (Å²) >= 11 is 0. The second kappa shape index (κ2) is 9.10. The van der Waals surface area contributed by atoms with Crippen molar-refractivity contribution in [3.8, 4) is 11.1 Å². The second-order valence-electron chi connectivity index (χ2n) is 6.42. The van der Waals surface area contributed by atoms with E-state index in [0.717, 1.165) is 28.8 Å². The Morgan fingerprint density at radius 2 is 1.55 bits per heavy atom. The van der Waals surface area contributed by atoms with Crippen LogP contribution in [0.4, 0.5) is 8.78 Å². The van der Waals surface area contributed by atoms with Gasteiger partial charge in [0, 0.05) is 6.42 Å². The lowest BCUT2D eigenvalue weighted by molar-refractivity contribution is -0.142. The Morgan fingerprint density at radius 1 is 0.897 bits per heavy atom. The van der Waals surface area contributed by atoms with E-state index in [9.17, 15) is 18.4 Å². The molecule has 3 aromatic carbocycles. The largest absolute Gasteiger partial charge is 0.467 e. The highest BCUT2D eigenvalue weighted by Crippen LogP contribution is 2.20. The average Bonchev–Trinajstić information content (AvgIpc) is 2.75. The van der Waals surface area contributed by atoms with E-state index < -0.39 is 35.1 Å². The number of methoxy groups -OCH3 is 1. The molecule has 0 bridgehead atoms. The molecule has 0 radical (unpaired) electrons. The summed E-state index contributed by atoms with van der Waals surface area (Å²) in [5, 5.41) is 2.43. The Kier molecular flexibility index (Phi) is 6.34. The molecule has 0 fully saturated rings. The van der Waals surface area contributed by atoms with Gasteiger partial charge < -0.3 is 10.1 Å². The number of carbonyl (C=O) groups is 2. The minimum atomic E-state index is -1.26. The van der Waals surface area contributed by atoms with Gasteiger partial charge in [-0.05, 0) is 28.8 Å². The molecule has 1 atom stereocenters. The van der Waals surface area contributed by atoms with Crippen LogP contribution >= 0.6 is 0 Å². The van der Waals surface area contributed by atoms with Gasteiger partial charge >= 0.3 is 5.97 Å². The Bertz CT molecular complexity index is 1000. The molecule has 0 spiro atoms. The maximum Gasteiger partial charge on any atom is 0.328 e. The van der Waals surface area contributed by atoms with Crippen LogP contribution in [0.1, 0.15) is 15.9 Å². The molecule has 0 aliphatic heterocycles. The molecule has 0 heterocycles. The number of halogens is 2. The second-order valence-corrected chi connectivity index (χ2v) is 6.42. The first-order valence-electron chi connectivity index (χ1n) is 8.96. The highest BCUT2D eigenvalue weighted by Gasteiger charge is 2.24. The first-order valence-corrected chi connectivity index (χ1v) is 8.96. The molecule has 4 nitrogen and oxygen atoms in total. The summed E-state index contributed by atoms with van der Waals surface area (Å²) in [5.74, 6) is -3.97. The third-order valence-electron chi connectivity index (χ3n) is 4.49. The predicted octanol–water partition coefficient (Wildman–Crippen LogP) is 4.15. The average molecular weight is 395 g/mol. The smallest absolute Gasteiger partial charge is 0.328 e. The van der Waals surface area contributed by atoms with E-state index in [2.05, 4.69) is 5.32 Å². The van der Waals surface area contributed by atoms with Crippen molar-refractivity contribution in [2.75, 3.05) is 7.11 Å². The monoisotopic (exact) mass is 395 g/mol. The van der Waals surface area contributed by atoms with Gasteiger partial charge in [-0.2, -0.15) is 0 Å². The fraction of sp³-hybridized carbons (Fsp3) is 0.130. The molecule has 1 amide bonds. The molecule has 148 valence electrons. The van der Waals surface area contributed by atoms with Gasteiger partial charge in [0.2, 0.25) is 0 Å². The van der Waals surface area contributed by atoms with Gasteiger partial charge in [-0.25, -0.2) is 13.6 Å². The fourth-order valence-corrected chi connectivity index (χ4v) is 2.95. The van der Waals surface area contributed by atoms with Crippen molar-refractivity contribution < 1.29 is 23.1 Å². The van der Waals surface area contributed by atoms with Crippen LogP contribution in [0.2, 0.25) is 0 Å². The van der Waals surface area contributed by atoms with Crippen molar-refractivity contribution in [1.82, 2.24) is 5.32 Å². The zero-order chi connectivity index (χ0) is 20.8. The molecule has 3 rings (SSSR count). The topological polar surface area (TPSA) is 55.4 Å². The van der Waals surface area contributed by atoms with Crippen molar-refractivity contribution in [2.24, 2.45) is 0 Å². The maximum atomic E-state index is 13.9. The molecule has 0 saturated carbocycles. The minimum Gasteiger partial charge on any atom is -0.467 e. The molecule has 0 aliphatic carbocycles. The van der Waals surface area contributed by atoms with E-state index in [1.807, 2.05) is 54.6 Å². The predicted molar refractivity (Wildman–Crippen MR) is 105 cm³/mol. The van der Waals surface area contributed by atoms with Gasteiger partial charge in [-0.3, -0.25) is 4.79 Å². The standard InChI is InChI=1S/C23H19F2NO3/c1-29-23(28)20(26-22(27)18-8-5-9-19(24)21(18)25)14-15-10-12-17(13-11-15)16-6-3-2-4-7-16/h2-13,20H,14H2,1H3,(H,26,27)/t20-/m1/s1. The third kappa shape index (κ3) is 4.85. The minimum absolute atomic E-state index is 0.143. The molecule has 29 heavy (non-hydrogen) atoms. The number of amides is 1. The maximum absolute atomic E-state index is 13.9. The van der Waals surface area contributed by atoms with E-state index >= 15 is 0 Å². The quantitative estimate of drug-likeness (QED) is 0.638. The van der Waals surface area contributed by atoms with Crippen molar-refractivity contribution in [3.05, 3.63) is 95.6 Å². The fourth-order valence-electron chi connectivity index (χ4n) is 2.95. The van der Waals surface area contributed by atoms with Crippen LogP contribution < -0.4 is 5.32 Å².